The predicted molar refractivity (Wildman–Crippen MR) is 97.7 cm³/mol. The highest BCUT2D eigenvalue weighted by Crippen LogP contribution is 2.27. The Morgan fingerprint density at radius 1 is 1.24 bits per heavy atom. The van der Waals surface area contributed by atoms with Crippen LogP contribution in [0.5, 0.6) is 0 Å². The Hall–Kier alpha value is -2.14. The van der Waals surface area contributed by atoms with Crippen LogP contribution in [0.2, 0.25) is 0 Å². The molecule has 1 amide bonds. The summed E-state index contributed by atoms with van der Waals surface area (Å²) in [6.07, 6.45) is 2.14. The van der Waals surface area contributed by atoms with Crippen molar-refractivity contribution in [2.75, 3.05) is 19.6 Å². The predicted octanol–water partition coefficient (Wildman–Crippen LogP) is 3.35. The summed E-state index contributed by atoms with van der Waals surface area (Å²) in [6.45, 7) is 8.82. The van der Waals surface area contributed by atoms with Crippen molar-refractivity contribution >= 4 is 5.91 Å². The molecule has 134 valence electrons. The fourth-order valence-corrected chi connectivity index (χ4v) is 3.58. The van der Waals surface area contributed by atoms with Gasteiger partial charge in [-0.3, -0.25) is 4.79 Å². The second-order valence-electron chi connectivity index (χ2n) is 7.34. The van der Waals surface area contributed by atoms with Crippen LogP contribution in [0.1, 0.15) is 41.5 Å². The molecule has 1 fully saturated rings. The van der Waals surface area contributed by atoms with Crippen molar-refractivity contribution in [3.8, 4) is 5.69 Å². The van der Waals surface area contributed by atoms with E-state index in [2.05, 4.69) is 17.6 Å². The molecular formula is C20H26FN3O. The van der Waals surface area contributed by atoms with Gasteiger partial charge in [-0.1, -0.05) is 6.92 Å². The summed E-state index contributed by atoms with van der Waals surface area (Å²) >= 11 is 0. The summed E-state index contributed by atoms with van der Waals surface area (Å²) in [5.74, 6) is -0.305. The van der Waals surface area contributed by atoms with Crippen LogP contribution in [0.25, 0.3) is 5.69 Å². The van der Waals surface area contributed by atoms with Crippen molar-refractivity contribution in [1.82, 2.24) is 15.2 Å². The van der Waals surface area contributed by atoms with Gasteiger partial charge in [-0.15, -0.1) is 0 Å². The average molecular weight is 343 g/mol. The molecule has 1 aliphatic rings. The monoisotopic (exact) mass is 343 g/mol. The summed E-state index contributed by atoms with van der Waals surface area (Å²) in [5, 5.41) is 6.47. The maximum atomic E-state index is 13.2. The Balaban J connectivity index is 1.77. The molecule has 4 nitrogen and oxygen atoms in total. The third-order valence-corrected chi connectivity index (χ3v) is 5.25. The molecule has 1 aromatic heterocycles. The highest BCUT2D eigenvalue weighted by Gasteiger charge is 2.27. The lowest BCUT2D eigenvalue weighted by Crippen LogP contribution is -2.43. The largest absolute Gasteiger partial charge is 0.351 e. The smallest absolute Gasteiger partial charge is 0.253 e. The molecule has 0 radical (unpaired) electrons. The number of rotatable bonds is 4. The van der Waals surface area contributed by atoms with Gasteiger partial charge in [0, 0.05) is 23.6 Å². The molecule has 0 spiro atoms. The zero-order chi connectivity index (χ0) is 18.0. The zero-order valence-electron chi connectivity index (χ0n) is 15.2. The molecule has 1 aromatic carbocycles. The van der Waals surface area contributed by atoms with E-state index in [0.717, 1.165) is 43.0 Å². The maximum Gasteiger partial charge on any atom is 0.253 e. The first-order valence-corrected chi connectivity index (χ1v) is 8.83. The van der Waals surface area contributed by atoms with Gasteiger partial charge in [-0.25, -0.2) is 4.39 Å². The molecule has 5 heteroatoms. The van der Waals surface area contributed by atoms with E-state index in [1.165, 1.54) is 12.1 Å². The second kappa shape index (κ2) is 7.00. The molecule has 1 saturated heterocycles. The highest BCUT2D eigenvalue weighted by molar-refractivity contribution is 5.96. The SMILES string of the molecule is Cc1cc(C(=O)NCC2(C)CCNCC2)c(C)n1-c1ccc(F)cc1. The Bertz CT molecular complexity index is 758. The van der Waals surface area contributed by atoms with Crippen LogP contribution in [-0.4, -0.2) is 30.1 Å². The lowest BCUT2D eigenvalue weighted by molar-refractivity contribution is 0.0921. The van der Waals surface area contributed by atoms with E-state index in [1.54, 1.807) is 12.1 Å². The number of aromatic nitrogens is 1. The topological polar surface area (TPSA) is 46.1 Å². The van der Waals surface area contributed by atoms with Gasteiger partial charge < -0.3 is 15.2 Å². The Morgan fingerprint density at radius 3 is 2.52 bits per heavy atom. The van der Waals surface area contributed by atoms with Gasteiger partial charge in [0.05, 0.1) is 5.56 Å². The second-order valence-corrected chi connectivity index (χ2v) is 7.34. The normalized spacial score (nSPS) is 16.6. The van der Waals surface area contributed by atoms with Crippen LogP contribution in [0, 0.1) is 25.1 Å². The van der Waals surface area contributed by atoms with Gasteiger partial charge in [0.1, 0.15) is 5.82 Å². The number of hydrogen-bond donors (Lipinski definition) is 2. The number of carbonyl (C=O) groups excluding carboxylic acids is 1. The lowest BCUT2D eigenvalue weighted by atomic mass is 9.81. The summed E-state index contributed by atoms with van der Waals surface area (Å²) in [6, 6.07) is 8.23. The van der Waals surface area contributed by atoms with Crippen LogP contribution in [0.4, 0.5) is 4.39 Å². The van der Waals surface area contributed by atoms with Crippen molar-refractivity contribution < 1.29 is 9.18 Å². The van der Waals surface area contributed by atoms with Crippen LogP contribution < -0.4 is 10.6 Å². The molecule has 0 unspecified atom stereocenters. The molecule has 0 saturated carbocycles. The summed E-state index contributed by atoms with van der Waals surface area (Å²) in [5.41, 5.74) is 3.53. The lowest BCUT2D eigenvalue weighted by Gasteiger charge is -2.34. The molecule has 3 rings (SSSR count). The first-order valence-electron chi connectivity index (χ1n) is 8.83. The summed E-state index contributed by atoms with van der Waals surface area (Å²) < 4.78 is 15.2. The number of nitrogens with one attached hydrogen (secondary N) is 2. The van der Waals surface area contributed by atoms with Gasteiger partial charge in [0.15, 0.2) is 0 Å². The molecule has 2 heterocycles. The average Bonchev–Trinajstić information content (AvgIpc) is 2.89. The van der Waals surface area contributed by atoms with E-state index in [1.807, 2.05) is 24.5 Å². The van der Waals surface area contributed by atoms with Crippen LogP contribution in [0.15, 0.2) is 30.3 Å². The maximum absolute atomic E-state index is 13.2. The number of aryl methyl sites for hydroxylation is 1. The first-order chi connectivity index (χ1) is 11.9. The third-order valence-electron chi connectivity index (χ3n) is 5.25. The van der Waals surface area contributed by atoms with E-state index in [9.17, 15) is 9.18 Å². The quantitative estimate of drug-likeness (QED) is 0.894. The van der Waals surface area contributed by atoms with E-state index < -0.39 is 0 Å². The van der Waals surface area contributed by atoms with Crippen LogP contribution in [0.3, 0.4) is 0 Å². The van der Waals surface area contributed by atoms with Crippen molar-refractivity contribution in [3.05, 3.63) is 53.1 Å². The third kappa shape index (κ3) is 3.76. The van der Waals surface area contributed by atoms with Gasteiger partial charge >= 0.3 is 0 Å². The van der Waals surface area contributed by atoms with Crippen LogP contribution >= 0.6 is 0 Å². The number of carbonyl (C=O) groups is 1. The molecule has 0 aliphatic carbocycles. The standard InChI is InChI=1S/C20H26FN3O/c1-14-12-18(15(2)24(14)17-6-4-16(21)5-7-17)19(25)23-13-20(3)8-10-22-11-9-20/h4-7,12,22H,8-11,13H2,1-3H3,(H,23,25). The minimum atomic E-state index is -0.264. The number of piperidine rings is 1. The van der Waals surface area contributed by atoms with E-state index in [-0.39, 0.29) is 17.1 Å². The number of hydrogen-bond acceptors (Lipinski definition) is 2. The highest BCUT2D eigenvalue weighted by atomic mass is 19.1. The number of benzene rings is 1. The van der Waals surface area contributed by atoms with Crippen molar-refractivity contribution in [2.24, 2.45) is 5.41 Å². The first kappa shape index (κ1) is 17.7. The van der Waals surface area contributed by atoms with Crippen LogP contribution in [-0.2, 0) is 0 Å². The van der Waals surface area contributed by atoms with Crippen molar-refractivity contribution in [2.45, 2.75) is 33.6 Å². The van der Waals surface area contributed by atoms with E-state index in [0.29, 0.717) is 12.1 Å². The van der Waals surface area contributed by atoms with Gasteiger partial charge in [-0.05, 0) is 75.5 Å². The molecule has 1 aliphatic heterocycles. The molecule has 0 atom stereocenters. The number of amides is 1. The van der Waals surface area contributed by atoms with Crippen molar-refractivity contribution in [1.29, 1.82) is 0 Å². The molecule has 2 N–H and O–H groups in total. The zero-order valence-corrected chi connectivity index (χ0v) is 15.2. The Labute approximate surface area is 148 Å². The van der Waals surface area contributed by atoms with Crippen molar-refractivity contribution in [3.63, 3.8) is 0 Å². The minimum absolute atomic E-state index is 0.0405. The molecule has 25 heavy (non-hydrogen) atoms. The Kier molecular flexibility index (Phi) is 4.95. The van der Waals surface area contributed by atoms with E-state index in [4.69, 9.17) is 0 Å². The van der Waals surface area contributed by atoms with Gasteiger partial charge in [0.25, 0.3) is 5.91 Å². The minimum Gasteiger partial charge on any atom is -0.351 e. The summed E-state index contributed by atoms with van der Waals surface area (Å²) in [4.78, 5) is 12.7. The fraction of sp³-hybridized carbons (Fsp3) is 0.450. The number of halogens is 1. The van der Waals surface area contributed by atoms with Gasteiger partial charge in [-0.2, -0.15) is 0 Å². The summed E-state index contributed by atoms with van der Waals surface area (Å²) in [7, 11) is 0. The molecule has 0 bridgehead atoms. The molecular weight excluding hydrogens is 317 g/mol. The van der Waals surface area contributed by atoms with E-state index >= 15 is 0 Å². The van der Waals surface area contributed by atoms with Gasteiger partial charge in [0.2, 0.25) is 0 Å². The Morgan fingerprint density at radius 2 is 1.88 bits per heavy atom. The number of nitrogens with zero attached hydrogens (tertiary/aromatic N) is 1. The fourth-order valence-electron chi connectivity index (χ4n) is 3.58. The molecule has 2 aromatic rings.